The predicted molar refractivity (Wildman–Crippen MR) is 103 cm³/mol. The Kier molecular flexibility index (Phi) is 5.20. The molecule has 0 saturated carbocycles. The van der Waals surface area contributed by atoms with Crippen molar-refractivity contribution in [3.63, 3.8) is 0 Å². The van der Waals surface area contributed by atoms with Crippen LogP contribution in [0.4, 0.5) is 16.2 Å². The molecule has 1 fully saturated rings. The molecule has 0 aliphatic carbocycles. The highest BCUT2D eigenvalue weighted by Crippen LogP contribution is 2.30. The standard InChI is InChI=1S/C19H21N3OS/c1-3-15(2)20-18-22(17-12-8-5-9-13-17)19(23)21(14-24-18)16-10-6-4-7-11-16/h4-13,15H,3,14H2,1-2H3. The van der Waals surface area contributed by atoms with Gasteiger partial charge in [0.25, 0.3) is 0 Å². The monoisotopic (exact) mass is 339 g/mol. The summed E-state index contributed by atoms with van der Waals surface area (Å²) in [5, 5.41) is 0.771. The van der Waals surface area contributed by atoms with Crippen molar-refractivity contribution in [2.45, 2.75) is 26.3 Å². The summed E-state index contributed by atoms with van der Waals surface area (Å²) < 4.78 is 0. The Morgan fingerprint density at radius 3 is 2.21 bits per heavy atom. The molecular formula is C19H21N3OS. The van der Waals surface area contributed by atoms with Crippen molar-refractivity contribution in [3.05, 3.63) is 60.7 Å². The summed E-state index contributed by atoms with van der Waals surface area (Å²) in [6.45, 7) is 4.18. The second kappa shape index (κ2) is 7.53. The summed E-state index contributed by atoms with van der Waals surface area (Å²) >= 11 is 1.60. The van der Waals surface area contributed by atoms with Gasteiger partial charge < -0.3 is 0 Å². The van der Waals surface area contributed by atoms with Gasteiger partial charge in [-0.25, -0.2) is 9.69 Å². The number of aliphatic imine (C=N–C) groups is 1. The van der Waals surface area contributed by atoms with Crippen LogP contribution in [-0.4, -0.2) is 23.1 Å². The predicted octanol–water partition coefficient (Wildman–Crippen LogP) is 4.98. The molecule has 1 unspecified atom stereocenters. The first-order chi connectivity index (χ1) is 11.7. The van der Waals surface area contributed by atoms with Gasteiger partial charge in [-0.15, -0.1) is 0 Å². The quantitative estimate of drug-likeness (QED) is 0.787. The van der Waals surface area contributed by atoms with Crippen molar-refractivity contribution in [1.29, 1.82) is 0 Å². The number of thioether (sulfide) groups is 1. The second-order valence-corrected chi connectivity index (χ2v) is 6.57. The number of hydrogen-bond donors (Lipinski definition) is 0. The van der Waals surface area contributed by atoms with E-state index < -0.39 is 0 Å². The fourth-order valence-electron chi connectivity index (χ4n) is 2.41. The molecule has 1 heterocycles. The van der Waals surface area contributed by atoms with E-state index in [0.29, 0.717) is 5.88 Å². The Balaban J connectivity index is 1.98. The van der Waals surface area contributed by atoms with Gasteiger partial charge >= 0.3 is 6.03 Å². The first-order valence-corrected chi connectivity index (χ1v) is 9.11. The zero-order chi connectivity index (χ0) is 16.9. The lowest BCUT2D eigenvalue weighted by atomic mass is 10.2. The Morgan fingerprint density at radius 2 is 1.62 bits per heavy atom. The van der Waals surface area contributed by atoms with Gasteiger partial charge in [0.1, 0.15) is 0 Å². The number of anilines is 2. The number of amides is 2. The molecule has 2 amide bonds. The molecule has 1 atom stereocenters. The molecule has 124 valence electrons. The summed E-state index contributed by atoms with van der Waals surface area (Å²) in [6.07, 6.45) is 0.948. The Labute approximate surface area is 147 Å². The molecule has 1 aliphatic rings. The molecule has 1 aliphatic heterocycles. The van der Waals surface area contributed by atoms with Crippen molar-refractivity contribution in [2.75, 3.05) is 15.7 Å². The van der Waals surface area contributed by atoms with Crippen LogP contribution in [0.1, 0.15) is 20.3 Å². The minimum atomic E-state index is -0.0618. The minimum Gasteiger partial charge on any atom is -0.283 e. The van der Waals surface area contributed by atoms with Gasteiger partial charge in [0.15, 0.2) is 5.17 Å². The van der Waals surface area contributed by atoms with Crippen LogP contribution in [0.2, 0.25) is 0 Å². The largest absolute Gasteiger partial charge is 0.335 e. The second-order valence-electron chi connectivity index (χ2n) is 5.66. The zero-order valence-electron chi connectivity index (χ0n) is 13.9. The lowest BCUT2D eigenvalue weighted by molar-refractivity contribution is 0.255. The van der Waals surface area contributed by atoms with Crippen molar-refractivity contribution in [1.82, 2.24) is 0 Å². The molecule has 0 bridgehead atoms. The van der Waals surface area contributed by atoms with E-state index in [2.05, 4.69) is 13.8 Å². The van der Waals surface area contributed by atoms with Gasteiger partial charge in [-0.1, -0.05) is 55.1 Å². The molecule has 0 radical (unpaired) electrons. The summed E-state index contributed by atoms with van der Waals surface area (Å²) in [4.78, 5) is 21.4. The first kappa shape index (κ1) is 16.6. The SMILES string of the molecule is CCC(C)N=C1SCN(c2ccccc2)C(=O)N1c1ccccc1. The van der Waals surface area contributed by atoms with Crippen molar-refractivity contribution >= 4 is 34.3 Å². The molecule has 2 aromatic rings. The average Bonchev–Trinajstić information content (AvgIpc) is 2.63. The van der Waals surface area contributed by atoms with Crippen LogP contribution in [0.25, 0.3) is 0 Å². The highest BCUT2D eigenvalue weighted by Gasteiger charge is 2.33. The molecule has 3 rings (SSSR count). The number of benzene rings is 2. The number of para-hydroxylation sites is 2. The number of hydrogen-bond acceptors (Lipinski definition) is 3. The van der Waals surface area contributed by atoms with Crippen LogP contribution in [0, 0.1) is 0 Å². The fourth-order valence-corrected chi connectivity index (χ4v) is 3.48. The van der Waals surface area contributed by atoms with Crippen molar-refractivity contribution in [3.8, 4) is 0 Å². The van der Waals surface area contributed by atoms with Crippen LogP contribution in [0.5, 0.6) is 0 Å². The number of nitrogens with zero attached hydrogens (tertiary/aromatic N) is 3. The highest BCUT2D eigenvalue weighted by atomic mass is 32.2. The maximum Gasteiger partial charge on any atom is 0.335 e. The van der Waals surface area contributed by atoms with Crippen molar-refractivity contribution < 1.29 is 4.79 Å². The van der Waals surface area contributed by atoms with E-state index in [1.165, 1.54) is 0 Å². The van der Waals surface area contributed by atoms with Crippen LogP contribution in [0.15, 0.2) is 65.7 Å². The normalized spacial score (nSPS) is 18.1. The molecule has 0 N–H and O–H groups in total. The summed E-state index contributed by atoms with van der Waals surface area (Å²) in [6, 6.07) is 19.6. The van der Waals surface area contributed by atoms with Crippen LogP contribution >= 0.6 is 11.8 Å². The maximum absolute atomic E-state index is 13.2. The van der Waals surface area contributed by atoms with Crippen LogP contribution in [0.3, 0.4) is 0 Å². The van der Waals surface area contributed by atoms with Gasteiger partial charge in [0.2, 0.25) is 0 Å². The molecule has 2 aromatic carbocycles. The summed E-state index contributed by atoms with van der Waals surface area (Å²) in [5.74, 6) is 0.571. The fraction of sp³-hybridized carbons (Fsp3) is 0.263. The van der Waals surface area contributed by atoms with Gasteiger partial charge in [-0.2, -0.15) is 0 Å². The van der Waals surface area contributed by atoms with Crippen molar-refractivity contribution in [2.24, 2.45) is 4.99 Å². The smallest absolute Gasteiger partial charge is 0.283 e. The summed E-state index contributed by atoms with van der Waals surface area (Å²) in [7, 11) is 0. The molecule has 4 nitrogen and oxygen atoms in total. The van der Waals surface area contributed by atoms with E-state index >= 15 is 0 Å². The third-order valence-electron chi connectivity index (χ3n) is 3.94. The Bertz CT molecular complexity index is 718. The van der Waals surface area contributed by atoms with E-state index in [1.807, 2.05) is 60.7 Å². The minimum absolute atomic E-state index is 0.0618. The maximum atomic E-state index is 13.2. The molecular weight excluding hydrogens is 318 g/mol. The molecule has 1 saturated heterocycles. The van der Waals surface area contributed by atoms with Gasteiger partial charge in [0, 0.05) is 11.7 Å². The zero-order valence-corrected chi connectivity index (χ0v) is 14.7. The van der Waals surface area contributed by atoms with E-state index in [4.69, 9.17) is 4.99 Å². The third kappa shape index (κ3) is 3.46. The Hall–Kier alpha value is -2.27. The number of urea groups is 1. The van der Waals surface area contributed by atoms with E-state index in [-0.39, 0.29) is 12.1 Å². The van der Waals surface area contributed by atoms with E-state index in [9.17, 15) is 4.79 Å². The number of carbonyl (C=O) groups excluding carboxylic acids is 1. The van der Waals surface area contributed by atoms with Crippen LogP contribution < -0.4 is 9.80 Å². The lowest BCUT2D eigenvalue weighted by Gasteiger charge is -2.36. The number of carbonyl (C=O) groups is 1. The van der Waals surface area contributed by atoms with Gasteiger partial charge in [-0.3, -0.25) is 9.89 Å². The molecule has 5 heteroatoms. The van der Waals surface area contributed by atoms with E-state index in [1.54, 1.807) is 21.6 Å². The molecule has 0 spiro atoms. The van der Waals surface area contributed by atoms with Crippen LogP contribution in [-0.2, 0) is 0 Å². The third-order valence-corrected chi connectivity index (χ3v) is 4.87. The number of amidine groups is 1. The van der Waals surface area contributed by atoms with Gasteiger partial charge in [0.05, 0.1) is 11.6 Å². The number of rotatable bonds is 4. The van der Waals surface area contributed by atoms with E-state index in [0.717, 1.165) is 23.0 Å². The topological polar surface area (TPSA) is 35.9 Å². The summed E-state index contributed by atoms with van der Waals surface area (Å²) in [5.41, 5.74) is 1.75. The highest BCUT2D eigenvalue weighted by molar-refractivity contribution is 8.14. The molecule has 24 heavy (non-hydrogen) atoms. The average molecular weight is 339 g/mol. The first-order valence-electron chi connectivity index (χ1n) is 8.13. The molecule has 0 aromatic heterocycles. The lowest BCUT2D eigenvalue weighted by Crippen LogP contribution is -2.50. The van der Waals surface area contributed by atoms with Gasteiger partial charge in [-0.05, 0) is 37.6 Å². The Morgan fingerprint density at radius 1 is 1.04 bits per heavy atom.